The fourth-order valence-corrected chi connectivity index (χ4v) is 3.02. The lowest BCUT2D eigenvalue weighted by Crippen LogP contribution is -2.51. The number of hydrogen-bond donors (Lipinski definition) is 0. The second-order valence-electron chi connectivity index (χ2n) is 4.45. The van der Waals surface area contributed by atoms with E-state index in [0.717, 1.165) is 42.1 Å². The summed E-state index contributed by atoms with van der Waals surface area (Å²) in [6.45, 7) is 11.8. The van der Waals surface area contributed by atoms with E-state index in [0.29, 0.717) is 0 Å². The summed E-state index contributed by atoms with van der Waals surface area (Å²) in [6, 6.07) is 3.87. The van der Waals surface area contributed by atoms with Crippen molar-refractivity contribution in [1.29, 1.82) is 0 Å². The summed E-state index contributed by atoms with van der Waals surface area (Å²) in [5.74, 6) is 0. The third-order valence-corrected chi connectivity index (χ3v) is 4.25. The Morgan fingerprint density at radius 3 is 1.57 bits per heavy atom. The molecule has 0 aliphatic rings. The maximum atomic E-state index is 5.69. The lowest BCUT2D eigenvalue weighted by Gasteiger charge is -2.36. The van der Waals surface area contributed by atoms with Crippen LogP contribution in [0.5, 0.6) is 0 Å². The summed E-state index contributed by atoms with van der Waals surface area (Å²) in [7, 11) is 0. The highest BCUT2D eigenvalue weighted by atomic mass is 32.1. The summed E-state index contributed by atoms with van der Waals surface area (Å²) >= 11 is 11.4. The van der Waals surface area contributed by atoms with Gasteiger partial charge >= 0.3 is 0 Å². The zero-order chi connectivity index (χ0) is 15.8. The SMILES string of the molecule is CCN(CC)C(=S)N(C(=S)N(CC)CC)c1ccncc1. The predicted octanol–water partition coefficient (Wildman–Crippen LogP) is 3.14. The number of thiocarbonyl (C=S) groups is 2. The molecule has 0 saturated heterocycles. The van der Waals surface area contributed by atoms with E-state index in [1.807, 2.05) is 17.0 Å². The molecule has 0 N–H and O–H groups in total. The maximum Gasteiger partial charge on any atom is 0.182 e. The lowest BCUT2D eigenvalue weighted by atomic mass is 10.3. The Bertz CT molecular complexity index is 432. The second kappa shape index (κ2) is 8.89. The van der Waals surface area contributed by atoms with Crippen molar-refractivity contribution >= 4 is 40.3 Å². The number of nitrogens with zero attached hydrogens (tertiary/aromatic N) is 4. The molecule has 116 valence electrons. The van der Waals surface area contributed by atoms with Crippen molar-refractivity contribution in [2.24, 2.45) is 0 Å². The summed E-state index contributed by atoms with van der Waals surface area (Å²) in [6.07, 6.45) is 3.52. The quantitative estimate of drug-likeness (QED) is 0.771. The molecule has 0 radical (unpaired) electrons. The molecule has 4 nitrogen and oxygen atoms in total. The number of pyridine rings is 1. The van der Waals surface area contributed by atoms with Crippen LogP contribution in [0.1, 0.15) is 27.7 Å². The third-order valence-electron chi connectivity index (χ3n) is 3.37. The normalized spacial score (nSPS) is 10.1. The molecule has 1 heterocycles. The van der Waals surface area contributed by atoms with Gasteiger partial charge in [-0.15, -0.1) is 0 Å². The molecule has 1 rings (SSSR count). The Morgan fingerprint density at radius 1 is 0.857 bits per heavy atom. The summed E-state index contributed by atoms with van der Waals surface area (Å²) in [5.41, 5.74) is 0.957. The average Bonchev–Trinajstić information content (AvgIpc) is 2.51. The third kappa shape index (κ3) is 4.35. The van der Waals surface area contributed by atoms with E-state index in [9.17, 15) is 0 Å². The summed E-state index contributed by atoms with van der Waals surface area (Å²) in [5, 5.41) is 1.48. The van der Waals surface area contributed by atoms with E-state index in [-0.39, 0.29) is 0 Å². The molecule has 21 heavy (non-hydrogen) atoms. The number of rotatable bonds is 5. The fraction of sp³-hybridized carbons (Fsp3) is 0.533. The zero-order valence-electron chi connectivity index (χ0n) is 13.2. The molecule has 0 bridgehead atoms. The molecule has 0 unspecified atom stereocenters. The van der Waals surface area contributed by atoms with Crippen molar-refractivity contribution in [3.63, 3.8) is 0 Å². The molecular formula is C15H24N4S2. The minimum atomic E-state index is 0.739. The number of aromatic nitrogens is 1. The number of anilines is 1. The Labute approximate surface area is 138 Å². The van der Waals surface area contributed by atoms with E-state index in [1.165, 1.54) is 0 Å². The standard InChI is InChI=1S/C15H24N4S2/c1-5-17(6-2)14(20)19(13-9-11-16-12-10-13)15(21)18(7-3)8-4/h9-12H,5-8H2,1-4H3. The minimum Gasteiger partial charge on any atom is -0.349 e. The van der Waals surface area contributed by atoms with Crippen LogP contribution < -0.4 is 4.90 Å². The molecule has 0 aliphatic carbocycles. The van der Waals surface area contributed by atoms with Gasteiger partial charge in [-0.2, -0.15) is 0 Å². The van der Waals surface area contributed by atoms with Gasteiger partial charge in [0.2, 0.25) is 0 Å². The van der Waals surface area contributed by atoms with Gasteiger partial charge < -0.3 is 9.80 Å². The predicted molar refractivity (Wildman–Crippen MR) is 97.8 cm³/mol. The van der Waals surface area contributed by atoms with Crippen LogP contribution in [0, 0.1) is 0 Å². The average molecular weight is 325 g/mol. The van der Waals surface area contributed by atoms with Crippen molar-refractivity contribution in [2.45, 2.75) is 27.7 Å². The molecule has 1 aromatic heterocycles. The van der Waals surface area contributed by atoms with Crippen LogP contribution in [0.3, 0.4) is 0 Å². The van der Waals surface area contributed by atoms with Crippen LogP contribution in [0.2, 0.25) is 0 Å². The first-order valence-corrected chi connectivity index (χ1v) is 8.20. The van der Waals surface area contributed by atoms with Gasteiger partial charge in [0, 0.05) is 38.6 Å². The van der Waals surface area contributed by atoms with Gasteiger partial charge in [-0.05, 0) is 64.3 Å². The van der Waals surface area contributed by atoms with Gasteiger partial charge in [0.15, 0.2) is 10.2 Å². The van der Waals surface area contributed by atoms with Crippen LogP contribution in [-0.4, -0.2) is 51.2 Å². The molecular weight excluding hydrogens is 300 g/mol. The van der Waals surface area contributed by atoms with Gasteiger partial charge in [-0.25, -0.2) is 0 Å². The van der Waals surface area contributed by atoms with Crippen molar-refractivity contribution in [3.05, 3.63) is 24.5 Å². The van der Waals surface area contributed by atoms with Gasteiger partial charge in [-0.3, -0.25) is 9.88 Å². The second-order valence-corrected chi connectivity index (χ2v) is 5.18. The molecule has 6 heteroatoms. The Balaban J connectivity index is 3.18. The highest BCUT2D eigenvalue weighted by Crippen LogP contribution is 2.18. The van der Waals surface area contributed by atoms with E-state index >= 15 is 0 Å². The molecule has 0 aliphatic heterocycles. The first-order valence-electron chi connectivity index (χ1n) is 7.38. The highest BCUT2D eigenvalue weighted by Gasteiger charge is 2.23. The van der Waals surface area contributed by atoms with Crippen molar-refractivity contribution in [1.82, 2.24) is 14.8 Å². The van der Waals surface area contributed by atoms with Crippen molar-refractivity contribution < 1.29 is 0 Å². The van der Waals surface area contributed by atoms with Crippen molar-refractivity contribution in [2.75, 3.05) is 31.1 Å². The molecule has 0 fully saturated rings. The molecule has 0 aromatic carbocycles. The smallest absolute Gasteiger partial charge is 0.182 e. The van der Waals surface area contributed by atoms with Gasteiger partial charge in [0.05, 0.1) is 5.69 Å². The first kappa shape index (κ1) is 17.8. The lowest BCUT2D eigenvalue weighted by molar-refractivity contribution is 0.452. The minimum absolute atomic E-state index is 0.739. The largest absolute Gasteiger partial charge is 0.349 e. The summed E-state index contributed by atoms with van der Waals surface area (Å²) in [4.78, 5) is 10.3. The fourth-order valence-electron chi connectivity index (χ4n) is 2.07. The van der Waals surface area contributed by atoms with Crippen LogP contribution >= 0.6 is 24.4 Å². The Hall–Kier alpha value is -1.27. The maximum absolute atomic E-state index is 5.69. The monoisotopic (exact) mass is 324 g/mol. The van der Waals surface area contributed by atoms with Crippen LogP contribution in [-0.2, 0) is 0 Å². The first-order chi connectivity index (χ1) is 10.1. The Kier molecular flexibility index (Phi) is 7.53. The van der Waals surface area contributed by atoms with Gasteiger partial charge in [0.25, 0.3) is 0 Å². The number of hydrogen-bond acceptors (Lipinski definition) is 3. The van der Waals surface area contributed by atoms with Crippen LogP contribution in [0.4, 0.5) is 5.69 Å². The van der Waals surface area contributed by atoms with Crippen LogP contribution in [0.15, 0.2) is 24.5 Å². The molecule has 0 saturated carbocycles. The molecule has 0 spiro atoms. The van der Waals surface area contributed by atoms with Crippen LogP contribution in [0.25, 0.3) is 0 Å². The molecule has 0 atom stereocenters. The van der Waals surface area contributed by atoms with E-state index in [1.54, 1.807) is 12.4 Å². The van der Waals surface area contributed by atoms with E-state index < -0.39 is 0 Å². The van der Waals surface area contributed by atoms with Gasteiger partial charge in [-0.1, -0.05) is 0 Å². The van der Waals surface area contributed by atoms with E-state index in [4.69, 9.17) is 24.4 Å². The topological polar surface area (TPSA) is 22.6 Å². The zero-order valence-corrected chi connectivity index (χ0v) is 14.9. The highest BCUT2D eigenvalue weighted by molar-refractivity contribution is 7.82. The molecule has 0 amide bonds. The van der Waals surface area contributed by atoms with Gasteiger partial charge in [0.1, 0.15) is 0 Å². The Morgan fingerprint density at radius 2 is 1.24 bits per heavy atom. The van der Waals surface area contributed by atoms with Crippen molar-refractivity contribution in [3.8, 4) is 0 Å². The summed E-state index contributed by atoms with van der Waals surface area (Å²) < 4.78 is 0. The molecule has 1 aromatic rings. The van der Waals surface area contributed by atoms with E-state index in [2.05, 4.69) is 42.5 Å².